The maximum absolute atomic E-state index is 13.1. The largest absolute Gasteiger partial charge is 0.383 e. The summed E-state index contributed by atoms with van der Waals surface area (Å²) in [7, 11) is 1.73. The second-order valence-electron chi connectivity index (χ2n) is 8.63. The van der Waals surface area contributed by atoms with Crippen LogP contribution in [0, 0.1) is 17.8 Å². The first-order valence-corrected chi connectivity index (χ1v) is 10.2. The second-order valence-corrected chi connectivity index (χ2v) is 8.63. The molecule has 6 heteroatoms. The van der Waals surface area contributed by atoms with Gasteiger partial charge in [0.05, 0.1) is 18.1 Å². The van der Waals surface area contributed by atoms with E-state index >= 15 is 0 Å². The summed E-state index contributed by atoms with van der Waals surface area (Å²) in [4.78, 5) is 32.1. The molecular weight excluding hydrogens is 330 g/mol. The lowest BCUT2D eigenvalue weighted by molar-refractivity contribution is -0.138. The van der Waals surface area contributed by atoms with Crippen LogP contribution in [-0.2, 0) is 14.3 Å². The van der Waals surface area contributed by atoms with Crippen LogP contribution in [0.15, 0.2) is 0 Å². The van der Waals surface area contributed by atoms with Crippen LogP contribution >= 0.6 is 0 Å². The van der Waals surface area contributed by atoms with E-state index in [0.717, 1.165) is 58.7 Å². The monoisotopic (exact) mass is 365 g/mol. The fourth-order valence-corrected chi connectivity index (χ4v) is 5.44. The number of methoxy groups -OCH3 is 1. The predicted octanol–water partition coefficient (Wildman–Crippen LogP) is 1.45. The number of nitrogens with zero attached hydrogens (tertiary/aromatic N) is 3. The summed E-state index contributed by atoms with van der Waals surface area (Å²) >= 11 is 0. The lowest BCUT2D eigenvalue weighted by atomic mass is 9.74. The number of carbonyl (C=O) groups is 2. The van der Waals surface area contributed by atoms with Gasteiger partial charge in [-0.25, -0.2) is 0 Å². The quantitative estimate of drug-likeness (QED) is 0.715. The molecule has 0 aromatic carbocycles. The molecule has 0 saturated carbocycles. The average Bonchev–Trinajstić information content (AvgIpc) is 3.12. The number of carbonyl (C=O) groups excluding carboxylic acids is 2. The van der Waals surface area contributed by atoms with Crippen molar-refractivity contribution in [1.29, 1.82) is 0 Å². The molecule has 26 heavy (non-hydrogen) atoms. The van der Waals surface area contributed by atoms with Crippen molar-refractivity contribution in [2.24, 2.45) is 17.8 Å². The highest BCUT2D eigenvalue weighted by Crippen LogP contribution is 2.49. The molecule has 2 amide bonds. The predicted molar refractivity (Wildman–Crippen MR) is 101 cm³/mol. The van der Waals surface area contributed by atoms with Crippen LogP contribution in [0.5, 0.6) is 0 Å². The molecule has 3 saturated heterocycles. The zero-order valence-electron chi connectivity index (χ0n) is 16.9. The highest BCUT2D eigenvalue weighted by atomic mass is 16.5. The van der Waals surface area contributed by atoms with E-state index in [9.17, 15) is 9.59 Å². The van der Waals surface area contributed by atoms with Gasteiger partial charge >= 0.3 is 0 Å². The third-order valence-corrected chi connectivity index (χ3v) is 6.70. The Labute approximate surface area is 157 Å². The number of amides is 2. The van der Waals surface area contributed by atoms with E-state index in [1.54, 1.807) is 7.11 Å². The Morgan fingerprint density at radius 3 is 2.54 bits per heavy atom. The minimum Gasteiger partial charge on any atom is -0.383 e. The summed E-state index contributed by atoms with van der Waals surface area (Å²) < 4.78 is 5.22. The van der Waals surface area contributed by atoms with Crippen LogP contribution < -0.4 is 0 Å². The van der Waals surface area contributed by atoms with Crippen LogP contribution in [0.3, 0.4) is 0 Å². The molecule has 0 unspecified atom stereocenters. The molecule has 3 heterocycles. The first-order chi connectivity index (χ1) is 12.4. The summed E-state index contributed by atoms with van der Waals surface area (Å²) in [6, 6.07) is 0. The first-order valence-electron chi connectivity index (χ1n) is 10.2. The number of hydrogen-bond acceptors (Lipinski definition) is 4. The lowest BCUT2D eigenvalue weighted by Crippen LogP contribution is -2.58. The molecule has 0 aromatic heterocycles. The fraction of sp³-hybridized carbons (Fsp3) is 0.900. The van der Waals surface area contributed by atoms with Crippen molar-refractivity contribution >= 4 is 11.8 Å². The lowest BCUT2D eigenvalue weighted by Gasteiger charge is -2.48. The molecule has 3 fully saturated rings. The molecule has 0 radical (unpaired) electrons. The minimum absolute atomic E-state index is 0.0487. The Kier molecular flexibility index (Phi) is 5.92. The zero-order valence-corrected chi connectivity index (χ0v) is 16.9. The number of ether oxygens (including phenoxy) is 1. The maximum atomic E-state index is 13.1. The molecule has 3 aliphatic heterocycles. The zero-order chi connectivity index (χ0) is 18.9. The van der Waals surface area contributed by atoms with E-state index in [-0.39, 0.29) is 17.4 Å². The number of hydrogen-bond donors (Lipinski definition) is 0. The summed E-state index contributed by atoms with van der Waals surface area (Å²) in [5.74, 6) is 1.53. The Hall–Kier alpha value is -1.14. The molecule has 3 rings (SSSR count). The van der Waals surface area contributed by atoms with E-state index in [1.165, 1.54) is 0 Å². The van der Waals surface area contributed by atoms with E-state index in [4.69, 9.17) is 4.74 Å². The van der Waals surface area contributed by atoms with Crippen molar-refractivity contribution in [1.82, 2.24) is 14.7 Å². The molecule has 6 nitrogen and oxygen atoms in total. The number of fused-ring (bicyclic) bond motifs is 2. The Morgan fingerprint density at radius 2 is 1.96 bits per heavy atom. The molecule has 3 aliphatic rings. The van der Waals surface area contributed by atoms with Gasteiger partial charge in [-0.05, 0) is 25.7 Å². The third kappa shape index (κ3) is 3.38. The average molecular weight is 366 g/mol. The van der Waals surface area contributed by atoms with Crippen LogP contribution in [-0.4, -0.2) is 85.0 Å². The SMILES string of the molecule is CCN1C(=O)[C@H]2CN(CCOC)C[C@H]2C12CCN(C(=O)CC(C)C)CC2. The van der Waals surface area contributed by atoms with Gasteiger partial charge in [-0.1, -0.05) is 13.8 Å². The first kappa shape index (κ1) is 19.6. The van der Waals surface area contributed by atoms with E-state index in [0.29, 0.717) is 24.2 Å². The Bertz CT molecular complexity index is 528. The van der Waals surface area contributed by atoms with E-state index in [2.05, 4.69) is 30.6 Å². The molecule has 1 spiro atoms. The molecule has 0 N–H and O–H groups in total. The van der Waals surface area contributed by atoms with Crippen molar-refractivity contribution in [2.75, 3.05) is 53.0 Å². The van der Waals surface area contributed by atoms with Gasteiger partial charge in [0.25, 0.3) is 0 Å². The second kappa shape index (κ2) is 7.85. The Morgan fingerprint density at radius 1 is 1.27 bits per heavy atom. The van der Waals surface area contributed by atoms with Gasteiger partial charge in [-0.3, -0.25) is 14.5 Å². The van der Waals surface area contributed by atoms with Crippen molar-refractivity contribution in [3.8, 4) is 0 Å². The topological polar surface area (TPSA) is 53.1 Å². The van der Waals surface area contributed by atoms with E-state index < -0.39 is 0 Å². The minimum atomic E-state index is -0.0487. The molecule has 0 aliphatic carbocycles. The van der Waals surface area contributed by atoms with Gasteiger partial charge in [0.1, 0.15) is 0 Å². The summed E-state index contributed by atoms with van der Waals surface area (Å²) in [5, 5.41) is 0. The summed E-state index contributed by atoms with van der Waals surface area (Å²) in [6.45, 7) is 12.1. The molecule has 2 atom stereocenters. The number of rotatable bonds is 6. The fourth-order valence-electron chi connectivity index (χ4n) is 5.44. The molecule has 0 bridgehead atoms. The van der Waals surface area contributed by atoms with Crippen LogP contribution in [0.1, 0.15) is 40.0 Å². The van der Waals surface area contributed by atoms with Gasteiger partial charge in [0, 0.05) is 58.7 Å². The van der Waals surface area contributed by atoms with Crippen LogP contribution in [0.25, 0.3) is 0 Å². The summed E-state index contributed by atoms with van der Waals surface area (Å²) in [6.07, 6.45) is 2.48. The normalized spacial score (nSPS) is 28.4. The molecule has 148 valence electrons. The number of piperidine rings is 1. The highest BCUT2D eigenvalue weighted by Gasteiger charge is 2.61. The van der Waals surface area contributed by atoms with Crippen LogP contribution in [0.2, 0.25) is 0 Å². The van der Waals surface area contributed by atoms with Crippen molar-refractivity contribution in [2.45, 2.75) is 45.6 Å². The standard InChI is InChI=1S/C20H35N3O3/c1-5-23-19(25)16-13-21(10-11-26-4)14-17(16)20(23)6-8-22(9-7-20)18(24)12-15(2)3/h15-17H,5-14H2,1-4H3/t16-,17+/m0/s1. The summed E-state index contributed by atoms with van der Waals surface area (Å²) in [5.41, 5.74) is -0.0487. The van der Waals surface area contributed by atoms with Crippen molar-refractivity contribution in [3.05, 3.63) is 0 Å². The van der Waals surface area contributed by atoms with Gasteiger partial charge < -0.3 is 14.5 Å². The van der Waals surface area contributed by atoms with E-state index in [1.807, 2.05) is 4.90 Å². The van der Waals surface area contributed by atoms with Gasteiger partial charge in [0.15, 0.2) is 0 Å². The van der Waals surface area contributed by atoms with Crippen molar-refractivity contribution < 1.29 is 14.3 Å². The van der Waals surface area contributed by atoms with Gasteiger partial charge in [-0.2, -0.15) is 0 Å². The number of likely N-dealkylation sites (tertiary alicyclic amines) is 3. The van der Waals surface area contributed by atoms with Gasteiger partial charge in [0.2, 0.25) is 11.8 Å². The maximum Gasteiger partial charge on any atom is 0.227 e. The smallest absolute Gasteiger partial charge is 0.227 e. The van der Waals surface area contributed by atoms with Crippen molar-refractivity contribution in [3.63, 3.8) is 0 Å². The molecule has 0 aromatic rings. The van der Waals surface area contributed by atoms with Gasteiger partial charge in [-0.15, -0.1) is 0 Å². The molecular formula is C20H35N3O3. The van der Waals surface area contributed by atoms with Crippen LogP contribution in [0.4, 0.5) is 0 Å². The third-order valence-electron chi connectivity index (χ3n) is 6.70. The Balaban J connectivity index is 1.71. The highest BCUT2D eigenvalue weighted by molar-refractivity contribution is 5.84.